The van der Waals surface area contributed by atoms with E-state index in [1.807, 2.05) is 36.7 Å². The number of aryl methyl sites for hydroxylation is 1. The van der Waals surface area contributed by atoms with Crippen molar-refractivity contribution in [3.05, 3.63) is 89.7 Å². The van der Waals surface area contributed by atoms with Gasteiger partial charge < -0.3 is 4.57 Å². The molecule has 0 radical (unpaired) electrons. The Labute approximate surface area is 153 Å². The predicted octanol–water partition coefficient (Wildman–Crippen LogP) is 4.48. The molecule has 26 heavy (non-hydrogen) atoms. The maximum atomic E-state index is 12.2. The van der Waals surface area contributed by atoms with Crippen LogP contribution in [0.5, 0.6) is 0 Å². The van der Waals surface area contributed by atoms with E-state index in [0.717, 1.165) is 28.9 Å². The van der Waals surface area contributed by atoms with Crippen LogP contribution in [0, 0.1) is 6.92 Å². The number of hydrogen-bond donors (Lipinski definition) is 0. The SMILES string of the molecule is CC(=O)N1N=C(c2cccc(-n3cccc3)c2)CC1c1cccc(C)c1. The van der Waals surface area contributed by atoms with Crippen molar-refractivity contribution in [3.8, 4) is 5.69 Å². The van der Waals surface area contributed by atoms with Gasteiger partial charge in [-0.15, -0.1) is 0 Å². The van der Waals surface area contributed by atoms with Gasteiger partial charge in [-0.3, -0.25) is 4.79 Å². The Morgan fingerprint density at radius 3 is 2.54 bits per heavy atom. The highest BCUT2D eigenvalue weighted by Gasteiger charge is 2.31. The van der Waals surface area contributed by atoms with E-state index in [-0.39, 0.29) is 11.9 Å². The molecular formula is C22H21N3O. The average Bonchev–Trinajstić information content (AvgIpc) is 3.32. The molecule has 0 saturated carbocycles. The van der Waals surface area contributed by atoms with Crippen molar-refractivity contribution < 1.29 is 4.79 Å². The number of rotatable bonds is 3. The average molecular weight is 343 g/mol. The molecule has 2 aromatic carbocycles. The second kappa shape index (κ2) is 6.64. The Bertz CT molecular complexity index is 973. The van der Waals surface area contributed by atoms with E-state index in [0.29, 0.717) is 0 Å². The zero-order valence-electron chi connectivity index (χ0n) is 15.0. The molecule has 1 aromatic heterocycles. The van der Waals surface area contributed by atoms with Gasteiger partial charge in [0.05, 0.1) is 11.8 Å². The minimum atomic E-state index is -0.0439. The first kappa shape index (κ1) is 16.3. The van der Waals surface area contributed by atoms with Crippen molar-refractivity contribution in [2.75, 3.05) is 0 Å². The molecule has 0 saturated heterocycles. The summed E-state index contributed by atoms with van der Waals surface area (Å²) >= 11 is 0. The van der Waals surface area contributed by atoms with Gasteiger partial charge in [0.25, 0.3) is 0 Å². The number of carbonyl (C=O) groups is 1. The van der Waals surface area contributed by atoms with Crippen LogP contribution in [0.4, 0.5) is 0 Å². The zero-order valence-corrected chi connectivity index (χ0v) is 15.0. The molecule has 2 heterocycles. The summed E-state index contributed by atoms with van der Waals surface area (Å²) < 4.78 is 2.07. The van der Waals surface area contributed by atoms with Crippen molar-refractivity contribution in [3.63, 3.8) is 0 Å². The van der Waals surface area contributed by atoms with Crippen molar-refractivity contribution >= 4 is 11.6 Å². The molecule has 0 N–H and O–H groups in total. The van der Waals surface area contributed by atoms with Crippen LogP contribution in [-0.4, -0.2) is 21.2 Å². The molecule has 1 aliphatic rings. The van der Waals surface area contributed by atoms with E-state index in [9.17, 15) is 4.79 Å². The zero-order chi connectivity index (χ0) is 18.1. The second-order valence-corrected chi connectivity index (χ2v) is 6.68. The lowest BCUT2D eigenvalue weighted by molar-refractivity contribution is -0.130. The molecular weight excluding hydrogens is 322 g/mol. The maximum absolute atomic E-state index is 12.2. The number of benzene rings is 2. The largest absolute Gasteiger partial charge is 0.324 e. The molecule has 1 aliphatic heterocycles. The monoisotopic (exact) mass is 343 g/mol. The van der Waals surface area contributed by atoms with Gasteiger partial charge in [0.2, 0.25) is 5.91 Å². The summed E-state index contributed by atoms with van der Waals surface area (Å²) in [7, 11) is 0. The van der Waals surface area contributed by atoms with Crippen LogP contribution in [0.1, 0.15) is 36.1 Å². The Morgan fingerprint density at radius 1 is 1.04 bits per heavy atom. The third-order valence-corrected chi connectivity index (χ3v) is 4.74. The number of nitrogens with zero attached hydrogens (tertiary/aromatic N) is 3. The Morgan fingerprint density at radius 2 is 1.81 bits per heavy atom. The summed E-state index contributed by atoms with van der Waals surface area (Å²) in [6, 6.07) is 20.6. The van der Waals surface area contributed by atoms with Gasteiger partial charge in [-0.1, -0.05) is 42.0 Å². The molecule has 1 unspecified atom stereocenters. The Kier molecular flexibility index (Phi) is 4.17. The number of carbonyl (C=O) groups excluding carboxylic acids is 1. The van der Waals surface area contributed by atoms with Crippen LogP contribution in [0.25, 0.3) is 5.69 Å². The van der Waals surface area contributed by atoms with Crippen LogP contribution >= 0.6 is 0 Å². The van der Waals surface area contributed by atoms with Crippen molar-refractivity contribution in [1.29, 1.82) is 0 Å². The summed E-state index contributed by atoms with van der Waals surface area (Å²) in [4.78, 5) is 12.2. The fourth-order valence-electron chi connectivity index (χ4n) is 3.46. The summed E-state index contributed by atoms with van der Waals surface area (Å²) in [6.07, 6.45) is 4.76. The van der Waals surface area contributed by atoms with Gasteiger partial charge >= 0.3 is 0 Å². The van der Waals surface area contributed by atoms with Crippen LogP contribution in [0.2, 0.25) is 0 Å². The maximum Gasteiger partial charge on any atom is 0.240 e. The second-order valence-electron chi connectivity index (χ2n) is 6.68. The van der Waals surface area contributed by atoms with Crippen molar-refractivity contribution in [2.24, 2.45) is 5.10 Å². The predicted molar refractivity (Wildman–Crippen MR) is 103 cm³/mol. The first-order valence-corrected chi connectivity index (χ1v) is 8.79. The Hall–Kier alpha value is -3.14. The van der Waals surface area contributed by atoms with E-state index in [1.165, 1.54) is 5.56 Å². The molecule has 0 aliphatic carbocycles. The van der Waals surface area contributed by atoms with E-state index in [2.05, 4.69) is 53.0 Å². The third-order valence-electron chi connectivity index (χ3n) is 4.74. The van der Waals surface area contributed by atoms with E-state index in [4.69, 9.17) is 0 Å². The first-order valence-electron chi connectivity index (χ1n) is 8.79. The topological polar surface area (TPSA) is 37.6 Å². The molecule has 4 heteroatoms. The van der Waals surface area contributed by atoms with Crippen LogP contribution in [-0.2, 0) is 4.79 Å². The van der Waals surface area contributed by atoms with Gasteiger partial charge in [-0.25, -0.2) is 5.01 Å². The molecule has 3 aromatic rings. The molecule has 130 valence electrons. The lowest BCUT2D eigenvalue weighted by atomic mass is 9.97. The van der Waals surface area contributed by atoms with Gasteiger partial charge in [0.1, 0.15) is 0 Å². The minimum absolute atomic E-state index is 0.0342. The van der Waals surface area contributed by atoms with Gasteiger partial charge in [-0.05, 0) is 42.3 Å². The van der Waals surface area contributed by atoms with Gasteiger partial charge in [0, 0.05) is 31.4 Å². The smallest absolute Gasteiger partial charge is 0.240 e. The van der Waals surface area contributed by atoms with Crippen LogP contribution in [0.3, 0.4) is 0 Å². The summed E-state index contributed by atoms with van der Waals surface area (Å²) in [6.45, 7) is 3.64. The molecule has 1 atom stereocenters. The molecule has 0 spiro atoms. The van der Waals surface area contributed by atoms with E-state index >= 15 is 0 Å². The first-order chi connectivity index (χ1) is 12.6. The number of hydrazone groups is 1. The minimum Gasteiger partial charge on any atom is -0.324 e. The third kappa shape index (κ3) is 3.06. The number of amides is 1. The highest BCUT2D eigenvalue weighted by atomic mass is 16.2. The van der Waals surface area contributed by atoms with Gasteiger partial charge in [-0.2, -0.15) is 5.10 Å². The number of aromatic nitrogens is 1. The fraction of sp³-hybridized carbons (Fsp3) is 0.182. The Balaban J connectivity index is 1.68. The van der Waals surface area contributed by atoms with E-state index in [1.54, 1.807) is 11.9 Å². The summed E-state index contributed by atoms with van der Waals surface area (Å²) in [5.41, 5.74) is 5.40. The van der Waals surface area contributed by atoms with Crippen LogP contribution in [0.15, 0.2) is 78.2 Å². The molecule has 4 nitrogen and oxygen atoms in total. The fourth-order valence-corrected chi connectivity index (χ4v) is 3.46. The standard InChI is InChI=1S/C22H21N3O/c1-16-7-5-9-19(13-16)22-15-21(23-25(22)17(2)26)18-8-6-10-20(14-18)24-11-3-4-12-24/h3-14,22H,15H2,1-2H3. The van der Waals surface area contributed by atoms with Crippen LogP contribution < -0.4 is 0 Å². The van der Waals surface area contributed by atoms with E-state index < -0.39 is 0 Å². The quantitative estimate of drug-likeness (QED) is 0.691. The summed E-state index contributed by atoms with van der Waals surface area (Å²) in [5.74, 6) is -0.0342. The molecule has 0 fully saturated rings. The molecule has 1 amide bonds. The highest BCUT2D eigenvalue weighted by Crippen LogP contribution is 2.33. The normalized spacial score (nSPS) is 16.6. The lowest BCUT2D eigenvalue weighted by Crippen LogP contribution is -2.24. The summed E-state index contributed by atoms with van der Waals surface area (Å²) in [5, 5.41) is 6.28. The van der Waals surface area contributed by atoms with Gasteiger partial charge in [0.15, 0.2) is 0 Å². The molecule has 0 bridgehead atoms. The lowest BCUT2D eigenvalue weighted by Gasteiger charge is -2.20. The highest BCUT2D eigenvalue weighted by molar-refractivity contribution is 6.03. The molecule has 4 rings (SSSR count). The van der Waals surface area contributed by atoms with Crippen molar-refractivity contribution in [1.82, 2.24) is 9.58 Å². The van der Waals surface area contributed by atoms with Crippen molar-refractivity contribution in [2.45, 2.75) is 26.3 Å². The number of hydrogen-bond acceptors (Lipinski definition) is 2.